The summed E-state index contributed by atoms with van der Waals surface area (Å²) < 4.78 is 0. The van der Waals surface area contributed by atoms with Crippen molar-refractivity contribution in [3.05, 3.63) is 0 Å². The summed E-state index contributed by atoms with van der Waals surface area (Å²) in [4.78, 5) is 61.7. The first kappa shape index (κ1) is 33.3. The Labute approximate surface area is 247 Å². The molecule has 0 spiro atoms. The lowest BCUT2D eigenvalue weighted by molar-refractivity contribution is -0.144. The van der Waals surface area contributed by atoms with Crippen LogP contribution in [-0.4, -0.2) is 120 Å². The molecule has 0 radical (unpaired) electrons. The number of nitrogens with one attached hydrogen (secondary N) is 2. The summed E-state index contributed by atoms with van der Waals surface area (Å²) in [6.45, 7) is 15.5. The number of rotatable bonds is 10. The van der Waals surface area contributed by atoms with Gasteiger partial charge in [0.25, 0.3) is 0 Å². The molecule has 3 saturated heterocycles. The van der Waals surface area contributed by atoms with Gasteiger partial charge in [-0.15, -0.1) is 0 Å². The van der Waals surface area contributed by atoms with E-state index in [1.165, 1.54) is 0 Å². The van der Waals surface area contributed by atoms with E-state index >= 15 is 0 Å². The number of likely N-dealkylation sites (tertiary alicyclic amines) is 3. The second-order valence-corrected chi connectivity index (χ2v) is 13.8. The second-order valence-electron chi connectivity index (χ2n) is 13.8. The van der Waals surface area contributed by atoms with Crippen LogP contribution in [0.5, 0.6) is 0 Å². The summed E-state index contributed by atoms with van der Waals surface area (Å²) >= 11 is 0. The van der Waals surface area contributed by atoms with Gasteiger partial charge in [0.15, 0.2) is 0 Å². The van der Waals surface area contributed by atoms with Crippen LogP contribution >= 0.6 is 0 Å². The number of nitrogens with zero attached hydrogens (tertiary/aromatic N) is 4. The molecule has 3 rings (SSSR count). The highest BCUT2D eigenvalue weighted by Gasteiger charge is 2.43. The van der Waals surface area contributed by atoms with E-state index in [1.807, 2.05) is 41.8 Å². The van der Waals surface area contributed by atoms with Crippen LogP contribution in [0.2, 0.25) is 0 Å². The van der Waals surface area contributed by atoms with E-state index in [0.29, 0.717) is 26.1 Å². The van der Waals surface area contributed by atoms with Crippen LogP contribution in [0.25, 0.3) is 0 Å². The molecule has 10 nitrogen and oxygen atoms in total. The maximum atomic E-state index is 14.1. The lowest BCUT2D eigenvalue weighted by atomic mass is 9.84. The van der Waals surface area contributed by atoms with Crippen LogP contribution in [0.1, 0.15) is 86.5 Å². The summed E-state index contributed by atoms with van der Waals surface area (Å²) in [5.41, 5.74) is -0.467. The smallest absolute Gasteiger partial charge is 0.245 e. The Morgan fingerprint density at radius 1 is 0.878 bits per heavy atom. The fourth-order valence-electron chi connectivity index (χ4n) is 6.79. The monoisotopic (exact) mass is 576 g/mol. The van der Waals surface area contributed by atoms with Crippen LogP contribution in [0.3, 0.4) is 0 Å². The second kappa shape index (κ2) is 14.3. The summed E-state index contributed by atoms with van der Waals surface area (Å²) in [6.07, 6.45) is 6.12. The minimum Gasteiger partial charge on any atom is -0.355 e. The summed E-state index contributed by atoms with van der Waals surface area (Å²) in [6, 6.07) is -1.68. The summed E-state index contributed by atoms with van der Waals surface area (Å²) in [7, 11) is 3.82. The van der Waals surface area contributed by atoms with Crippen molar-refractivity contribution in [3.8, 4) is 0 Å². The van der Waals surface area contributed by atoms with Crippen molar-refractivity contribution in [1.82, 2.24) is 30.2 Å². The van der Waals surface area contributed by atoms with Gasteiger partial charge >= 0.3 is 0 Å². The highest BCUT2D eigenvalue weighted by Crippen LogP contribution is 2.28. The minimum atomic E-state index is -0.657. The van der Waals surface area contributed by atoms with Crippen LogP contribution in [-0.2, 0) is 19.2 Å². The Morgan fingerprint density at radius 2 is 1.51 bits per heavy atom. The molecule has 3 aliphatic heterocycles. The standard InChI is InChI=1S/C31H56N6O4/c1-9-32-27(38)23-15-13-19-37(23)29(40)24-16-12-18-36(24)20-25(21(2)3)35(8)30(41)26(31(4,5)6)33-28(39)22-14-10-11-17-34(22)7/h21-26H,9-20H2,1-8H3,(H,32,38)(H,33,39)/t22-,23+,24+,25-,26-/m1/s1. The fourth-order valence-corrected chi connectivity index (χ4v) is 6.79. The molecule has 5 atom stereocenters. The maximum Gasteiger partial charge on any atom is 0.245 e. The van der Waals surface area contributed by atoms with E-state index in [9.17, 15) is 19.2 Å². The Bertz CT molecular complexity index is 934. The Morgan fingerprint density at radius 3 is 2.12 bits per heavy atom. The van der Waals surface area contributed by atoms with Crippen molar-refractivity contribution in [1.29, 1.82) is 0 Å². The van der Waals surface area contributed by atoms with Gasteiger partial charge in [-0.3, -0.25) is 29.0 Å². The van der Waals surface area contributed by atoms with Crippen molar-refractivity contribution in [2.45, 2.75) is 117 Å². The van der Waals surface area contributed by atoms with Gasteiger partial charge in [-0.05, 0) is 76.9 Å². The number of amides is 4. The molecule has 10 heteroatoms. The van der Waals surface area contributed by atoms with Gasteiger partial charge in [0, 0.05) is 32.7 Å². The number of piperidine rings is 1. The number of carbonyl (C=O) groups excluding carboxylic acids is 4. The molecule has 0 saturated carbocycles. The van der Waals surface area contributed by atoms with Crippen molar-refractivity contribution in [2.75, 3.05) is 46.8 Å². The number of likely N-dealkylation sites (N-methyl/N-ethyl adjacent to an activating group) is 3. The summed E-state index contributed by atoms with van der Waals surface area (Å²) in [5, 5.41) is 6.02. The lowest BCUT2D eigenvalue weighted by Gasteiger charge is -2.41. The zero-order chi connectivity index (χ0) is 30.5. The highest BCUT2D eigenvalue weighted by atomic mass is 16.2. The van der Waals surface area contributed by atoms with Crippen LogP contribution in [0.15, 0.2) is 0 Å². The van der Waals surface area contributed by atoms with Crippen LogP contribution < -0.4 is 10.6 Å². The lowest BCUT2D eigenvalue weighted by Crippen LogP contribution is -2.61. The first-order chi connectivity index (χ1) is 19.3. The average molecular weight is 577 g/mol. The molecular weight excluding hydrogens is 520 g/mol. The molecule has 41 heavy (non-hydrogen) atoms. The van der Waals surface area contributed by atoms with E-state index in [1.54, 1.807) is 9.80 Å². The van der Waals surface area contributed by atoms with E-state index in [4.69, 9.17) is 0 Å². The zero-order valence-corrected chi connectivity index (χ0v) is 26.9. The molecular formula is C31H56N6O4. The molecule has 0 aliphatic carbocycles. The molecule has 2 N–H and O–H groups in total. The minimum absolute atomic E-state index is 0.0316. The first-order valence-electron chi connectivity index (χ1n) is 15.9. The Hall–Kier alpha value is -2.20. The topological polar surface area (TPSA) is 105 Å². The van der Waals surface area contributed by atoms with Crippen LogP contribution in [0.4, 0.5) is 0 Å². The zero-order valence-electron chi connectivity index (χ0n) is 26.9. The molecule has 234 valence electrons. The fraction of sp³-hybridized carbons (Fsp3) is 0.871. The highest BCUT2D eigenvalue weighted by molar-refractivity contribution is 5.91. The quantitative estimate of drug-likeness (QED) is 0.413. The van der Waals surface area contributed by atoms with Crippen molar-refractivity contribution >= 4 is 23.6 Å². The third-order valence-corrected chi connectivity index (χ3v) is 9.35. The van der Waals surface area contributed by atoms with Gasteiger partial charge in [-0.1, -0.05) is 41.0 Å². The number of hydrogen-bond acceptors (Lipinski definition) is 6. The SMILES string of the molecule is CCNC(=O)[C@@H]1CCCN1C(=O)[C@@H]1CCCN1C[C@H](C(C)C)N(C)C(=O)[C@@H](NC(=O)[C@H]1CCCCN1C)C(C)(C)C. The Kier molecular flexibility index (Phi) is 11.6. The van der Waals surface area contributed by atoms with Gasteiger partial charge in [0.1, 0.15) is 12.1 Å². The molecule has 3 fully saturated rings. The van der Waals surface area contributed by atoms with Crippen molar-refractivity contribution < 1.29 is 19.2 Å². The van der Waals surface area contributed by atoms with Gasteiger partial charge < -0.3 is 20.4 Å². The van der Waals surface area contributed by atoms with E-state index in [0.717, 1.165) is 51.6 Å². The van der Waals surface area contributed by atoms with E-state index in [-0.39, 0.29) is 47.7 Å². The number of carbonyl (C=O) groups is 4. The molecule has 0 aromatic carbocycles. The molecule has 0 aromatic rings. The predicted octanol–water partition coefficient (Wildman–Crippen LogP) is 2.08. The predicted molar refractivity (Wildman–Crippen MR) is 161 cm³/mol. The molecule has 0 unspecified atom stereocenters. The Balaban J connectivity index is 1.73. The number of hydrogen-bond donors (Lipinski definition) is 2. The first-order valence-corrected chi connectivity index (χ1v) is 15.9. The maximum absolute atomic E-state index is 14.1. The molecule has 3 aliphatic rings. The molecule has 3 heterocycles. The van der Waals surface area contributed by atoms with Gasteiger partial charge in [0.2, 0.25) is 23.6 Å². The van der Waals surface area contributed by atoms with E-state index < -0.39 is 17.5 Å². The third kappa shape index (κ3) is 8.00. The summed E-state index contributed by atoms with van der Waals surface area (Å²) in [5.74, 6) is -0.0588. The average Bonchev–Trinajstić information content (AvgIpc) is 3.59. The van der Waals surface area contributed by atoms with Gasteiger partial charge in [0.05, 0.1) is 12.1 Å². The van der Waals surface area contributed by atoms with Crippen molar-refractivity contribution in [2.24, 2.45) is 11.3 Å². The van der Waals surface area contributed by atoms with Gasteiger partial charge in [-0.25, -0.2) is 0 Å². The van der Waals surface area contributed by atoms with E-state index in [2.05, 4.69) is 34.3 Å². The molecule has 0 bridgehead atoms. The third-order valence-electron chi connectivity index (χ3n) is 9.35. The molecule has 4 amide bonds. The van der Waals surface area contributed by atoms with Crippen LogP contribution in [0, 0.1) is 11.3 Å². The van der Waals surface area contributed by atoms with Crippen molar-refractivity contribution in [3.63, 3.8) is 0 Å². The largest absolute Gasteiger partial charge is 0.355 e. The van der Waals surface area contributed by atoms with Gasteiger partial charge in [-0.2, -0.15) is 0 Å². The normalized spacial score (nSPS) is 25.7. The molecule has 0 aromatic heterocycles.